The molecule has 0 aromatic carbocycles. The van der Waals surface area contributed by atoms with Gasteiger partial charge in [0.05, 0.1) is 6.20 Å². The molecule has 1 aliphatic rings. The number of hydrogen-bond acceptors (Lipinski definition) is 3. The van der Waals surface area contributed by atoms with Gasteiger partial charge in [-0.25, -0.2) is 12.8 Å². The third-order valence-electron chi connectivity index (χ3n) is 3.28. The molecule has 0 amide bonds. The molecule has 0 N–H and O–H groups in total. The van der Waals surface area contributed by atoms with Crippen LogP contribution in [0.4, 0.5) is 4.39 Å². The van der Waals surface area contributed by atoms with Crippen LogP contribution < -0.4 is 0 Å². The van der Waals surface area contributed by atoms with Gasteiger partial charge in [-0.05, 0) is 25.3 Å². The lowest BCUT2D eigenvalue weighted by atomic mass is 9.93. The average Bonchev–Trinajstić information content (AvgIpc) is 2.31. The molecule has 7 heteroatoms. The first-order valence-corrected chi connectivity index (χ1v) is 8.80. The summed E-state index contributed by atoms with van der Waals surface area (Å²) in [4.78, 5) is 3.57. The van der Waals surface area contributed by atoms with Crippen LogP contribution in [0.2, 0.25) is 0 Å². The molecule has 0 radical (unpaired) electrons. The summed E-state index contributed by atoms with van der Waals surface area (Å²) in [7, 11) is -3.65. The lowest BCUT2D eigenvalue weighted by molar-refractivity contribution is 0.220. The van der Waals surface area contributed by atoms with Crippen molar-refractivity contribution >= 4 is 26.0 Å². The Balaban J connectivity index is 2.27. The number of hydrogen-bond donors (Lipinski definition) is 0. The predicted molar refractivity (Wildman–Crippen MR) is 74.1 cm³/mol. The van der Waals surface area contributed by atoms with Crippen LogP contribution in [0.15, 0.2) is 23.4 Å². The Morgan fingerprint density at radius 1 is 1.42 bits per heavy atom. The molecule has 0 spiro atoms. The highest BCUT2D eigenvalue weighted by Gasteiger charge is 2.34. The SMILES string of the molecule is O=S(=O)(c1cncc(F)c1)N(CCCBr)C1CCC1. The largest absolute Gasteiger partial charge is 0.260 e. The smallest absolute Gasteiger partial charge is 0.244 e. The maximum Gasteiger partial charge on any atom is 0.244 e. The van der Waals surface area contributed by atoms with Gasteiger partial charge in [-0.2, -0.15) is 4.31 Å². The highest BCUT2D eigenvalue weighted by molar-refractivity contribution is 9.09. The Hall–Kier alpha value is -0.530. The summed E-state index contributed by atoms with van der Waals surface area (Å²) >= 11 is 3.31. The van der Waals surface area contributed by atoms with Crippen molar-refractivity contribution in [1.29, 1.82) is 0 Å². The number of nitrogens with zero attached hydrogens (tertiary/aromatic N) is 2. The van der Waals surface area contributed by atoms with E-state index in [0.717, 1.165) is 43.3 Å². The van der Waals surface area contributed by atoms with E-state index in [9.17, 15) is 12.8 Å². The molecule has 19 heavy (non-hydrogen) atoms. The van der Waals surface area contributed by atoms with Crippen molar-refractivity contribution in [3.05, 3.63) is 24.3 Å². The zero-order valence-electron chi connectivity index (χ0n) is 10.4. The van der Waals surface area contributed by atoms with Gasteiger partial charge in [0.25, 0.3) is 0 Å². The minimum Gasteiger partial charge on any atom is -0.260 e. The lowest BCUT2D eigenvalue weighted by Crippen LogP contribution is -2.44. The summed E-state index contributed by atoms with van der Waals surface area (Å²) in [5, 5.41) is 0.743. The normalized spacial score (nSPS) is 16.6. The van der Waals surface area contributed by atoms with Gasteiger partial charge in [-0.3, -0.25) is 4.98 Å². The Kier molecular flexibility index (Phi) is 4.92. The van der Waals surface area contributed by atoms with Crippen LogP contribution in [0.5, 0.6) is 0 Å². The molecule has 0 saturated heterocycles. The molecule has 4 nitrogen and oxygen atoms in total. The third kappa shape index (κ3) is 3.32. The molecule has 1 aromatic heterocycles. The molecule has 106 valence electrons. The first-order chi connectivity index (χ1) is 9.05. The molecule has 0 unspecified atom stereocenters. The van der Waals surface area contributed by atoms with Crippen molar-refractivity contribution in [3.63, 3.8) is 0 Å². The van der Waals surface area contributed by atoms with Crippen LogP contribution in [-0.2, 0) is 10.0 Å². The van der Waals surface area contributed by atoms with Gasteiger partial charge >= 0.3 is 0 Å². The van der Waals surface area contributed by atoms with E-state index < -0.39 is 15.8 Å². The van der Waals surface area contributed by atoms with E-state index in [1.807, 2.05) is 0 Å². The minimum absolute atomic E-state index is 0.0484. The monoisotopic (exact) mass is 350 g/mol. The summed E-state index contributed by atoms with van der Waals surface area (Å²) in [6.07, 6.45) is 5.75. The van der Waals surface area contributed by atoms with Crippen LogP contribution >= 0.6 is 15.9 Å². The molecule has 0 aliphatic heterocycles. The molecule has 0 bridgehead atoms. The van der Waals surface area contributed by atoms with Gasteiger partial charge in [0.2, 0.25) is 10.0 Å². The zero-order valence-corrected chi connectivity index (χ0v) is 12.8. The number of alkyl halides is 1. The maximum atomic E-state index is 13.2. The first-order valence-electron chi connectivity index (χ1n) is 6.24. The second-order valence-electron chi connectivity index (χ2n) is 4.58. The summed E-state index contributed by atoms with van der Waals surface area (Å²) in [5.74, 6) is -0.630. The fourth-order valence-electron chi connectivity index (χ4n) is 2.06. The van der Waals surface area contributed by atoms with Gasteiger partial charge in [0.15, 0.2) is 0 Å². The number of aromatic nitrogens is 1. The predicted octanol–water partition coefficient (Wildman–Crippen LogP) is 2.55. The zero-order chi connectivity index (χ0) is 13.9. The Morgan fingerprint density at radius 2 is 2.16 bits per heavy atom. The van der Waals surface area contributed by atoms with E-state index in [-0.39, 0.29) is 10.9 Å². The van der Waals surface area contributed by atoms with Crippen molar-refractivity contribution in [2.75, 3.05) is 11.9 Å². The molecule has 1 heterocycles. The molecular weight excluding hydrogens is 335 g/mol. The van der Waals surface area contributed by atoms with Crippen molar-refractivity contribution in [2.45, 2.75) is 36.6 Å². The van der Waals surface area contributed by atoms with E-state index >= 15 is 0 Å². The first kappa shape index (κ1) is 14.9. The van der Waals surface area contributed by atoms with E-state index in [2.05, 4.69) is 20.9 Å². The number of halogens is 2. The fourth-order valence-corrected chi connectivity index (χ4v) is 4.01. The van der Waals surface area contributed by atoms with Crippen LogP contribution in [0, 0.1) is 5.82 Å². The molecule has 2 rings (SSSR count). The van der Waals surface area contributed by atoms with E-state index in [4.69, 9.17) is 0 Å². The Labute approximate surface area is 121 Å². The van der Waals surface area contributed by atoms with Gasteiger partial charge in [0, 0.05) is 24.1 Å². The second kappa shape index (κ2) is 6.28. The third-order valence-corrected chi connectivity index (χ3v) is 5.76. The average molecular weight is 351 g/mol. The highest BCUT2D eigenvalue weighted by atomic mass is 79.9. The van der Waals surface area contributed by atoms with Gasteiger partial charge in [-0.1, -0.05) is 22.4 Å². The fraction of sp³-hybridized carbons (Fsp3) is 0.583. The van der Waals surface area contributed by atoms with Gasteiger partial charge in [0.1, 0.15) is 10.7 Å². The maximum absolute atomic E-state index is 13.2. The van der Waals surface area contributed by atoms with Crippen molar-refractivity contribution in [3.8, 4) is 0 Å². The van der Waals surface area contributed by atoms with Crippen LogP contribution in [0.25, 0.3) is 0 Å². The lowest BCUT2D eigenvalue weighted by Gasteiger charge is -2.36. The quantitative estimate of drug-likeness (QED) is 0.740. The standard InChI is InChI=1S/C12H16BrFN2O2S/c13-5-2-6-16(11-3-1-4-11)19(17,18)12-7-10(14)8-15-9-12/h7-9,11H,1-6H2. The number of pyridine rings is 1. The molecule has 1 aromatic rings. The molecule has 1 fully saturated rings. The topological polar surface area (TPSA) is 50.3 Å². The summed E-state index contributed by atoms with van der Waals surface area (Å²) in [6.45, 7) is 0.453. The van der Waals surface area contributed by atoms with Crippen LogP contribution in [0.3, 0.4) is 0 Å². The Bertz CT molecular complexity index is 534. The van der Waals surface area contributed by atoms with Crippen molar-refractivity contribution < 1.29 is 12.8 Å². The van der Waals surface area contributed by atoms with Crippen LogP contribution in [-0.4, -0.2) is 35.6 Å². The summed E-state index contributed by atoms with van der Waals surface area (Å²) in [5.41, 5.74) is 0. The van der Waals surface area contributed by atoms with Gasteiger partial charge in [-0.15, -0.1) is 0 Å². The molecule has 1 saturated carbocycles. The number of rotatable bonds is 6. The van der Waals surface area contributed by atoms with E-state index in [0.29, 0.717) is 6.54 Å². The molecular formula is C12H16BrFN2O2S. The van der Waals surface area contributed by atoms with Crippen LogP contribution in [0.1, 0.15) is 25.7 Å². The molecule has 0 atom stereocenters. The number of sulfonamides is 1. The summed E-state index contributed by atoms with van der Waals surface area (Å²) in [6, 6.07) is 1.08. The van der Waals surface area contributed by atoms with E-state index in [1.165, 1.54) is 10.5 Å². The van der Waals surface area contributed by atoms with Gasteiger partial charge < -0.3 is 0 Å². The van der Waals surface area contributed by atoms with Crippen molar-refractivity contribution in [2.24, 2.45) is 0 Å². The Morgan fingerprint density at radius 3 is 2.68 bits per heavy atom. The highest BCUT2D eigenvalue weighted by Crippen LogP contribution is 2.30. The minimum atomic E-state index is -3.65. The molecule has 1 aliphatic carbocycles. The van der Waals surface area contributed by atoms with E-state index in [1.54, 1.807) is 0 Å². The summed E-state index contributed by atoms with van der Waals surface area (Å²) < 4.78 is 39.7. The second-order valence-corrected chi connectivity index (χ2v) is 7.27. The van der Waals surface area contributed by atoms with Crippen molar-refractivity contribution in [1.82, 2.24) is 9.29 Å².